The van der Waals surface area contributed by atoms with Crippen LogP contribution in [0.15, 0.2) is 36.4 Å². The molecule has 1 aromatic heterocycles. The van der Waals surface area contributed by atoms with E-state index in [9.17, 15) is 9.59 Å². The lowest BCUT2D eigenvalue weighted by molar-refractivity contribution is -0.114. The fourth-order valence-electron chi connectivity index (χ4n) is 2.42. The van der Waals surface area contributed by atoms with Gasteiger partial charge in [-0.1, -0.05) is 23.5 Å². The Hall–Kier alpha value is -2.73. The Morgan fingerprint density at radius 1 is 1.08 bits per heavy atom. The van der Waals surface area contributed by atoms with E-state index in [0.29, 0.717) is 16.4 Å². The summed E-state index contributed by atoms with van der Waals surface area (Å²) in [6.45, 7) is 5.38. The highest BCUT2D eigenvalue weighted by Gasteiger charge is 2.13. The smallest absolute Gasteiger partial charge is 0.257 e. The zero-order valence-corrected chi connectivity index (χ0v) is 14.5. The van der Waals surface area contributed by atoms with E-state index >= 15 is 0 Å². The zero-order chi connectivity index (χ0) is 17.3. The van der Waals surface area contributed by atoms with Gasteiger partial charge in [-0.15, -0.1) is 0 Å². The molecule has 2 N–H and O–H groups in total. The fourth-order valence-corrected chi connectivity index (χ4v) is 3.32. The number of benzene rings is 2. The Kier molecular flexibility index (Phi) is 4.31. The average Bonchev–Trinajstić information content (AvgIpc) is 2.90. The maximum atomic E-state index is 12.5. The first-order chi connectivity index (χ1) is 11.4. The van der Waals surface area contributed by atoms with E-state index < -0.39 is 0 Å². The molecular formula is C18H17N3O2S. The number of anilines is 2. The first-order valence-corrected chi connectivity index (χ1v) is 8.31. The predicted octanol–water partition coefficient (Wildman–Crippen LogP) is 4.12. The van der Waals surface area contributed by atoms with E-state index in [4.69, 9.17) is 0 Å². The number of rotatable bonds is 3. The number of nitrogens with zero attached hydrogens (tertiary/aromatic N) is 1. The third kappa shape index (κ3) is 3.28. The predicted molar refractivity (Wildman–Crippen MR) is 97.8 cm³/mol. The molecule has 6 heteroatoms. The summed E-state index contributed by atoms with van der Waals surface area (Å²) < 4.78 is 0.900. The third-order valence-corrected chi connectivity index (χ3v) is 4.71. The molecule has 5 nitrogen and oxygen atoms in total. The molecule has 0 radical (unpaired) electrons. The number of fused-ring (bicyclic) bond motifs is 1. The summed E-state index contributed by atoms with van der Waals surface area (Å²) in [7, 11) is 0. The van der Waals surface area contributed by atoms with Crippen molar-refractivity contribution >= 4 is 44.2 Å². The number of nitrogens with one attached hydrogen (secondary N) is 2. The summed E-state index contributed by atoms with van der Waals surface area (Å²) in [5.41, 5.74) is 4.18. The standard InChI is InChI=1S/C18H17N3O2S/c1-10-5-4-6-14(11(10)2)17(23)21-18-20-15-8-7-13(19-12(3)22)9-16(15)24-18/h4-9H,1-3H3,(H,19,22)(H,20,21,23). The minimum Gasteiger partial charge on any atom is -0.326 e. The van der Waals surface area contributed by atoms with Crippen LogP contribution in [0.1, 0.15) is 28.4 Å². The van der Waals surface area contributed by atoms with Gasteiger partial charge >= 0.3 is 0 Å². The molecule has 24 heavy (non-hydrogen) atoms. The molecule has 0 spiro atoms. The summed E-state index contributed by atoms with van der Waals surface area (Å²) in [5.74, 6) is -0.292. The lowest BCUT2D eigenvalue weighted by Crippen LogP contribution is -2.13. The van der Waals surface area contributed by atoms with Crippen LogP contribution in [-0.2, 0) is 4.79 Å². The number of aryl methyl sites for hydroxylation is 1. The molecule has 0 aliphatic heterocycles. The number of amides is 2. The van der Waals surface area contributed by atoms with E-state index in [-0.39, 0.29) is 11.8 Å². The van der Waals surface area contributed by atoms with Crippen LogP contribution in [0.4, 0.5) is 10.8 Å². The Morgan fingerprint density at radius 2 is 1.88 bits per heavy atom. The zero-order valence-electron chi connectivity index (χ0n) is 13.6. The first-order valence-electron chi connectivity index (χ1n) is 7.50. The molecule has 0 aliphatic rings. The van der Waals surface area contributed by atoms with Gasteiger partial charge < -0.3 is 5.32 Å². The van der Waals surface area contributed by atoms with Crippen molar-refractivity contribution in [1.82, 2.24) is 4.98 Å². The number of carbonyl (C=O) groups is 2. The van der Waals surface area contributed by atoms with Gasteiger partial charge in [-0.05, 0) is 49.2 Å². The van der Waals surface area contributed by atoms with Gasteiger partial charge in [0.1, 0.15) is 0 Å². The molecule has 0 saturated heterocycles. The molecule has 0 bridgehead atoms. The molecule has 0 atom stereocenters. The van der Waals surface area contributed by atoms with Gasteiger partial charge in [0.05, 0.1) is 10.2 Å². The highest BCUT2D eigenvalue weighted by Crippen LogP contribution is 2.29. The normalized spacial score (nSPS) is 10.6. The monoisotopic (exact) mass is 339 g/mol. The third-order valence-electron chi connectivity index (χ3n) is 3.78. The number of carbonyl (C=O) groups excluding carboxylic acids is 2. The molecule has 0 fully saturated rings. The lowest BCUT2D eigenvalue weighted by atomic mass is 10.0. The SMILES string of the molecule is CC(=O)Nc1ccc2nc(NC(=O)c3cccc(C)c3C)sc2c1. The van der Waals surface area contributed by atoms with Gasteiger partial charge in [-0.3, -0.25) is 14.9 Å². The second-order valence-electron chi connectivity index (χ2n) is 5.58. The van der Waals surface area contributed by atoms with E-state index in [0.717, 1.165) is 21.3 Å². The molecular weight excluding hydrogens is 322 g/mol. The summed E-state index contributed by atoms with van der Waals surface area (Å²) in [5, 5.41) is 6.13. The topological polar surface area (TPSA) is 71.1 Å². The van der Waals surface area contributed by atoms with Crippen molar-refractivity contribution < 1.29 is 9.59 Å². The van der Waals surface area contributed by atoms with Crippen LogP contribution in [0, 0.1) is 13.8 Å². The summed E-state index contributed by atoms with van der Waals surface area (Å²) in [6, 6.07) is 11.1. The summed E-state index contributed by atoms with van der Waals surface area (Å²) in [6.07, 6.45) is 0. The molecule has 1 heterocycles. The number of hydrogen-bond donors (Lipinski definition) is 2. The second-order valence-corrected chi connectivity index (χ2v) is 6.61. The Morgan fingerprint density at radius 3 is 2.62 bits per heavy atom. The quantitative estimate of drug-likeness (QED) is 0.754. The second kappa shape index (κ2) is 6.41. The average molecular weight is 339 g/mol. The van der Waals surface area contributed by atoms with Crippen molar-refractivity contribution in [3.05, 3.63) is 53.1 Å². The van der Waals surface area contributed by atoms with E-state index in [1.54, 1.807) is 12.1 Å². The molecule has 2 aromatic carbocycles. The first kappa shape index (κ1) is 16.1. The van der Waals surface area contributed by atoms with Gasteiger partial charge in [-0.2, -0.15) is 0 Å². The molecule has 0 unspecified atom stereocenters. The number of thiazole rings is 1. The molecule has 2 amide bonds. The minimum absolute atomic E-state index is 0.123. The van der Waals surface area contributed by atoms with E-state index in [2.05, 4.69) is 15.6 Å². The van der Waals surface area contributed by atoms with Crippen molar-refractivity contribution in [1.29, 1.82) is 0 Å². The van der Waals surface area contributed by atoms with Gasteiger partial charge in [-0.25, -0.2) is 4.98 Å². The van der Waals surface area contributed by atoms with E-state index in [1.807, 2.05) is 38.1 Å². The van der Waals surface area contributed by atoms with Crippen LogP contribution in [0.2, 0.25) is 0 Å². The van der Waals surface area contributed by atoms with Crippen molar-refractivity contribution in [3.8, 4) is 0 Å². The van der Waals surface area contributed by atoms with Gasteiger partial charge in [0.25, 0.3) is 5.91 Å². The fraction of sp³-hybridized carbons (Fsp3) is 0.167. The van der Waals surface area contributed by atoms with Crippen molar-refractivity contribution in [2.24, 2.45) is 0 Å². The Bertz CT molecular complexity index is 947. The largest absolute Gasteiger partial charge is 0.326 e. The van der Waals surface area contributed by atoms with Crippen molar-refractivity contribution in [2.75, 3.05) is 10.6 Å². The van der Waals surface area contributed by atoms with Crippen LogP contribution in [0.3, 0.4) is 0 Å². The Labute approximate surface area is 143 Å². The highest BCUT2D eigenvalue weighted by molar-refractivity contribution is 7.22. The lowest BCUT2D eigenvalue weighted by Gasteiger charge is -2.07. The van der Waals surface area contributed by atoms with Crippen molar-refractivity contribution in [2.45, 2.75) is 20.8 Å². The number of aromatic nitrogens is 1. The van der Waals surface area contributed by atoms with Crippen LogP contribution in [0.5, 0.6) is 0 Å². The Balaban J connectivity index is 1.86. The molecule has 3 rings (SSSR count). The maximum Gasteiger partial charge on any atom is 0.257 e. The maximum absolute atomic E-state index is 12.5. The minimum atomic E-state index is -0.169. The molecule has 0 aliphatic carbocycles. The number of hydrogen-bond acceptors (Lipinski definition) is 4. The molecule has 3 aromatic rings. The highest BCUT2D eigenvalue weighted by atomic mass is 32.1. The van der Waals surface area contributed by atoms with Gasteiger partial charge in [0, 0.05) is 18.2 Å². The van der Waals surface area contributed by atoms with Crippen LogP contribution >= 0.6 is 11.3 Å². The van der Waals surface area contributed by atoms with Gasteiger partial charge in [0.15, 0.2) is 5.13 Å². The van der Waals surface area contributed by atoms with Gasteiger partial charge in [0.2, 0.25) is 5.91 Å². The molecule has 0 saturated carbocycles. The van der Waals surface area contributed by atoms with Crippen LogP contribution in [0.25, 0.3) is 10.2 Å². The van der Waals surface area contributed by atoms with Crippen molar-refractivity contribution in [3.63, 3.8) is 0 Å². The summed E-state index contributed by atoms with van der Waals surface area (Å²) in [4.78, 5) is 28.0. The van der Waals surface area contributed by atoms with Crippen LogP contribution < -0.4 is 10.6 Å². The summed E-state index contributed by atoms with van der Waals surface area (Å²) >= 11 is 1.38. The van der Waals surface area contributed by atoms with E-state index in [1.165, 1.54) is 18.3 Å². The molecule has 122 valence electrons. The van der Waals surface area contributed by atoms with Crippen LogP contribution in [-0.4, -0.2) is 16.8 Å².